The predicted octanol–water partition coefficient (Wildman–Crippen LogP) is 9.88. The van der Waals surface area contributed by atoms with Crippen LogP contribution in [0.25, 0.3) is 77.8 Å². The summed E-state index contributed by atoms with van der Waals surface area (Å²) in [5.41, 5.74) is 8.10. The molecule has 3 heterocycles. The Bertz CT molecular complexity index is 2630. The Labute approximate surface area is 264 Å². The van der Waals surface area contributed by atoms with Gasteiger partial charge in [-0.25, -0.2) is 9.97 Å². The minimum Gasteiger partial charge on any atom is -0.309 e. The normalized spacial score (nSPS) is 11.5. The summed E-state index contributed by atoms with van der Waals surface area (Å²) in [6.45, 7) is 0. The first kappa shape index (κ1) is 25.9. The van der Waals surface area contributed by atoms with Crippen molar-refractivity contribution in [3.05, 3.63) is 157 Å². The molecule has 0 fully saturated rings. The van der Waals surface area contributed by atoms with Gasteiger partial charge in [0.1, 0.15) is 11.6 Å². The van der Waals surface area contributed by atoms with Gasteiger partial charge >= 0.3 is 0 Å². The summed E-state index contributed by atoms with van der Waals surface area (Å²) >= 11 is 0. The van der Waals surface area contributed by atoms with Crippen LogP contribution in [-0.4, -0.2) is 19.1 Å². The van der Waals surface area contributed by atoms with Gasteiger partial charge in [0.2, 0.25) is 0 Å². The lowest BCUT2D eigenvalue weighted by Gasteiger charge is -2.14. The van der Waals surface area contributed by atoms with Crippen LogP contribution in [0.1, 0.15) is 5.56 Å². The van der Waals surface area contributed by atoms with Crippen LogP contribution < -0.4 is 0 Å². The molecule has 0 bridgehead atoms. The van der Waals surface area contributed by atoms with E-state index in [1.165, 1.54) is 10.8 Å². The van der Waals surface area contributed by atoms with Gasteiger partial charge in [0.15, 0.2) is 11.6 Å². The quantitative estimate of drug-likeness (QED) is 0.206. The highest BCUT2D eigenvalue weighted by atomic mass is 15.1. The van der Waals surface area contributed by atoms with Gasteiger partial charge in [0.05, 0.1) is 27.8 Å². The Morgan fingerprint density at radius 2 is 1.07 bits per heavy atom. The zero-order valence-electron chi connectivity index (χ0n) is 24.7. The van der Waals surface area contributed by atoms with Gasteiger partial charge in [-0.1, -0.05) is 121 Å². The lowest BCUT2D eigenvalue weighted by Crippen LogP contribution is -2.07. The van der Waals surface area contributed by atoms with E-state index < -0.39 is 0 Å². The van der Waals surface area contributed by atoms with Crippen LogP contribution in [0.4, 0.5) is 0 Å². The van der Waals surface area contributed by atoms with Crippen LogP contribution in [0.5, 0.6) is 0 Å². The van der Waals surface area contributed by atoms with Crippen LogP contribution in [0.3, 0.4) is 0 Å². The summed E-state index contributed by atoms with van der Waals surface area (Å²) in [4.78, 5) is 10.2. The monoisotopic (exact) mass is 587 g/mol. The number of para-hydroxylation sites is 3. The fraction of sp³-hybridized carbons (Fsp3) is 0. The molecule has 0 amide bonds. The Kier molecular flexibility index (Phi) is 5.81. The summed E-state index contributed by atoms with van der Waals surface area (Å²) in [6.07, 6.45) is 0. The second-order valence-electron chi connectivity index (χ2n) is 11.3. The van der Waals surface area contributed by atoms with E-state index in [0.29, 0.717) is 22.9 Å². The zero-order valence-corrected chi connectivity index (χ0v) is 24.7. The fourth-order valence-corrected chi connectivity index (χ4v) is 6.82. The summed E-state index contributed by atoms with van der Waals surface area (Å²) in [6, 6.07) is 54.3. The van der Waals surface area contributed by atoms with E-state index in [0.717, 1.165) is 49.7 Å². The minimum atomic E-state index is 0.428. The molecule has 46 heavy (non-hydrogen) atoms. The summed E-state index contributed by atoms with van der Waals surface area (Å²) in [7, 11) is 0. The third-order valence-electron chi connectivity index (χ3n) is 8.78. The molecule has 3 aromatic heterocycles. The number of hydrogen-bond donors (Lipinski definition) is 0. The maximum atomic E-state index is 10.8. The molecule has 0 aliphatic heterocycles. The molecule has 214 valence electrons. The molecule has 0 atom stereocenters. The van der Waals surface area contributed by atoms with E-state index in [1.54, 1.807) is 0 Å². The SMILES string of the molecule is N#Cc1c(-c2ccccc2)nc(-c2ccccc2)nc1-n1c2ccccc2c2c1ccc1c3ccccc3n(-c3ccccc3)c12. The third kappa shape index (κ3) is 3.81. The fourth-order valence-electron chi connectivity index (χ4n) is 6.82. The molecule has 0 N–H and O–H groups in total. The Morgan fingerprint density at radius 3 is 1.76 bits per heavy atom. The summed E-state index contributed by atoms with van der Waals surface area (Å²) in [5.74, 6) is 1.13. The van der Waals surface area contributed by atoms with E-state index in [-0.39, 0.29) is 0 Å². The Balaban J connectivity index is 1.47. The van der Waals surface area contributed by atoms with Crippen LogP contribution in [0.15, 0.2) is 152 Å². The van der Waals surface area contributed by atoms with Crippen molar-refractivity contribution in [2.24, 2.45) is 0 Å². The number of fused-ring (bicyclic) bond motifs is 7. The van der Waals surface area contributed by atoms with Gasteiger partial charge in [-0.3, -0.25) is 4.57 Å². The van der Waals surface area contributed by atoms with E-state index in [4.69, 9.17) is 9.97 Å². The Hall–Kier alpha value is -6.51. The molecule has 6 aromatic carbocycles. The number of nitrogens with zero attached hydrogens (tertiary/aromatic N) is 5. The molecular formula is C41H25N5. The van der Waals surface area contributed by atoms with Crippen molar-refractivity contribution >= 4 is 43.6 Å². The van der Waals surface area contributed by atoms with Crippen molar-refractivity contribution in [2.75, 3.05) is 0 Å². The molecule has 5 heteroatoms. The lowest BCUT2D eigenvalue weighted by molar-refractivity contribution is 1.04. The third-order valence-corrected chi connectivity index (χ3v) is 8.78. The van der Waals surface area contributed by atoms with Crippen molar-refractivity contribution in [2.45, 2.75) is 0 Å². The largest absolute Gasteiger partial charge is 0.309 e. The molecule has 0 spiro atoms. The maximum absolute atomic E-state index is 10.8. The van der Waals surface area contributed by atoms with Crippen LogP contribution in [0.2, 0.25) is 0 Å². The average Bonchev–Trinajstić information content (AvgIpc) is 3.65. The molecule has 0 radical (unpaired) electrons. The number of benzene rings is 6. The maximum Gasteiger partial charge on any atom is 0.162 e. The first-order valence-electron chi connectivity index (χ1n) is 15.3. The molecule has 0 saturated carbocycles. The van der Waals surface area contributed by atoms with Crippen molar-refractivity contribution in [3.8, 4) is 40.2 Å². The molecule has 5 nitrogen and oxygen atoms in total. The van der Waals surface area contributed by atoms with Crippen LogP contribution in [0, 0.1) is 11.3 Å². The number of nitriles is 1. The van der Waals surface area contributed by atoms with E-state index in [9.17, 15) is 5.26 Å². The molecule has 0 saturated heterocycles. The van der Waals surface area contributed by atoms with Gasteiger partial charge in [-0.05, 0) is 30.3 Å². The second kappa shape index (κ2) is 10.3. The molecule has 0 aliphatic rings. The standard InChI is InChI=1S/C41H25N5/c42-26-33-38(27-14-4-1-5-15-27)43-40(28-16-6-2-7-17-28)44-41(33)46-35-23-13-11-21-32(35)37-36(46)25-24-31-30-20-10-12-22-34(30)45(39(31)37)29-18-8-3-9-19-29/h1-25H. The topological polar surface area (TPSA) is 59.4 Å². The molecule has 0 unspecified atom stereocenters. The smallest absolute Gasteiger partial charge is 0.162 e. The average molecular weight is 588 g/mol. The minimum absolute atomic E-state index is 0.428. The van der Waals surface area contributed by atoms with Crippen molar-refractivity contribution in [1.29, 1.82) is 5.26 Å². The van der Waals surface area contributed by atoms with E-state index in [2.05, 4.69) is 94.1 Å². The molecular weight excluding hydrogens is 562 g/mol. The number of hydrogen-bond acceptors (Lipinski definition) is 3. The second-order valence-corrected chi connectivity index (χ2v) is 11.3. The highest BCUT2D eigenvalue weighted by molar-refractivity contribution is 6.26. The molecule has 9 aromatic rings. The Morgan fingerprint density at radius 1 is 0.478 bits per heavy atom. The van der Waals surface area contributed by atoms with Crippen LogP contribution in [-0.2, 0) is 0 Å². The number of rotatable bonds is 4. The van der Waals surface area contributed by atoms with Gasteiger partial charge in [-0.15, -0.1) is 0 Å². The van der Waals surface area contributed by atoms with E-state index in [1.807, 2.05) is 72.8 Å². The number of aromatic nitrogens is 4. The highest BCUT2D eigenvalue weighted by Crippen LogP contribution is 2.42. The van der Waals surface area contributed by atoms with Crippen LogP contribution >= 0.6 is 0 Å². The first-order chi connectivity index (χ1) is 22.8. The first-order valence-corrected chi connectivity index (χ1v) is 15.3. The van der Waals surface area contributed by atoms with Gasteiger partial charge in [-0.2, -0.15) is 5.26 Å². The van der Waals surface area contributed by atoms with Crippen molar-refractivity contribution in [1.82, 2.24) is 19.1 Å². The van der Waals surface area contributed by atoms with Gasteiger partial charge < -0.3 is 4.57 Å². The zero-order chi connectivity index (χ0) is 30.6. The van der Waals surface area contributed by atoms with Crippen molar-refractivity contribution < 1.29 is 0 Å². The van der Waals surface area contributed by atoms with Crippen molar-refractivity contribution in [3.63, 3.8) is 0 Å². The summed E-state index contributed by atoms with van der Waals surface area (Å²) < 4.78 is 4.51. The predicted molar refractivity (Wildman–Crippen MR) is 186 cm³/mol. The van der Waals surface area contributed by atoms with Gasteiger partial charge in [0, 0.05) is 38.4 Å². The van der Waals surface area contributed by atoms with Gasteiger partial charge in [0.25, 0.3) is 0 Å². The molecule has 0 aliphatic carbocycles. The van der Waals surface area contributed by atoms with E-state index >= 15 is 0 Å². The highest BCUT2D eigenvalue weighted by Gasteiger charge is 2.25. The molecule has 9 rings (SSSR count). The summed E-state index contributed by atoms with van der Waals surface area (Å²) in [5, 5.41) is 15.3. The lowest BCUT2D eigenvalue weighted by atomic mass is 10.1.